The first-order valence-electron chi connectivity index (χ1n) is 10.0. The Bertz CT molecular complexity index is 1140. The van der Waals surface area contributed by atoms with Gasteiger partial charge in [-0.05, 0) is 31.2 Å². The van der Waals surface area contributed by atoms with Gasteiger partial charge in [0.05, 0.1) is 24.1 Å². The van der Waals surface area contributed by atoms with Crippen molar-refractivity contribution >= 4 is 23.3 Å². The van der Waals surface area contributed by atoms with E-state index in [4.69, 9.17) is 10.5 Å². The third-order valence-corrected chi connectivity index (χ3v) is 3.93. The summed E-state index contributed by atoms with van der Waals surface area (Å²) in [5.74, 6) is -1.84. The fraction of sp³-hybridized carbons (Fsp3) is 0.227. The van der Waals surface area contributed by atoms with Crippen LogP contribution in [0.5, 0.6) is 0 Å². The van der Waals surface area contributed by atoms with Crippen LogP contribution in [-0.2, 0) is 4.74 Å². The van der Waals surface area contributed by atoms with Crippen molar-refractivity contribution in [2.24, 2.45) is 15.7 Å². The van der Waals surface area contributed by atoms with Crippen LogP contribution in [-0.4, -0.2) is 39.2 Å². The zero-order chi connectivity index (χ0) is 24.4. The van der Waals surface area contributed by atoms with E-state index < -0.39 is 23.9 Å². The maximum absolute atomic E-state index is 14.1. The molecule has 174 valence electrons. The molecule has 3 heterocycles. The number of amidine groups is 2. The summed E-state index contributed by atoms with van der Waals surface area (Å²) in [6.07, 6.45) is 0.923. The van der Waals surface area contributed by atoms with Crippen molar-refractivity contribution in [3.05, 3.63) is 77.4 Å². The van der Waals surface area contributed by atoms with E-state index in [9.17, 15) is 18.0 Å². The quantitative estimate of drug-likeness (QED) is 0.317. The second kappa shape index (κ2) is 12.1. The molecule has 0 aliphatic carbocycles. The van der Waals surface area contributed by atoms with Crippen molar-refractivity contribution in [3.8, 4) is 0 Å². The Morgan fingerprint density at radius 3 is 2.67 bits per heavy atom. The number of aromatic nitrogens is 3. The number of hydrogen-bond donors (Lipinski definition) is 2. The van der Waals surface area contributed by atoms with Crippen LogP contribution in [0.25, 0.3) is 0 Å². The largest absolute Gasteiger partial charge is 0.462 e. The summed E-state index contributed by atoms with van der Waals surface area (Å²) < 4.78 is 45.1. The molecule has 3 aromatic rings. The normalized spacial score (nSPS) is 11.7. The summed E-state index contributed by atoms with van der Waals surface area (Å²) in [7, 11) is 0. The van der Waals surface area contributed by atoms with Gasteiger partial charge >= 0.3 is 5.97 Å². The second-order valence-electron chi connectivity index (χ2n) is 5.99. The van der Waals surface area contributed by atoms with Crippen molar-refractivity contribution in [2.75, 3.05) is 6.61 Å². The lowest BCUT2D eigenvalue weighted by atomic mass is 10.2. The summed E-state index contributed by atoms with van der Waals surface area (Å²) in [4.78, 5) is 30.8. The number of halogens is 3. The molecule has 0 saturated heterocycles. The maximum Gasteiger partial charge on any atom is 0.340 e. The number of esters is 1. The number of ether oxygens (including phenoxy) is 1. The molecule has 8 nitrogen and oxygen atoms in total. The van der Waals surface area contributed by atoms with Crippen molar-refractivity contribution in [3.63, 3.8) is 0 Å². The molecule has 0 amide bonds. The Morgan fingerprint density at radius 2 is 2.00 bits per heavy atom. The number of hydrogen-bond acceptors (Lipinski definition) is 5. The van der Waals surface area contributed by atoms with Gasteiger partial charge in [-0.15, -0.1) is 0 Å². The number of carbonyl (C=O) groups is 1. The molecule has 0 bridgehead atoms. The van der Waals surface area contributed by atoms with Gasteiger partial charge in [0.2, 0.25) is 0 Å². The van der Waals surface area contributed by atoms with Gasteiger partial charge in [0.15, 0.2) is 17.5 Å². The zero-order valence-corrected chi connectivity index (χ0v) is 18.2. The van der Waals surface area contributed by atoms with Crippen LogP contribution in [0.4, 0.5) is 18.9 Å². The molecule has 3 N–H and O–H groups in total. The number of carbonyl (C=O) groups excluding carboxylic acids is 1. The predicted octanol–water partition coefficient (Wildman–Crippen LogP) is 4.57. The highest BCUT2D eigenvalue weighted by atomic mass is 19.3. The van der Waals surface area contributed by atoms with Gasteiger partial charge in [-0.3, -0.25) is 4.98 Å². The molecular formula is C22H23F3N6O2. The van der Waals surface area contributed by atoms with Gasteiger partial charge in [-0.2, -0.15) is 0 Å². The average molecular weight is 460 g/mol. The first-order valence-corrected chi connectivity index (χ1v) is 10.0. The van der Waals surface area contributed by atoms with Crippen LogP contribution in [0.3, 0.4) is 0 Å². The summed E-state index contributed by atoms with van der Waals surface area (Å²) >= 11 is 0. The van der Waals surface area contributed by atoms with Crippen LogP contribution in [0.15, 0.2) is 58.9 Å². The number of aliphatic imine (C=N–C) groups is 2. The molecule has 0 spiro atoms. The SMILES string of the molecule is CC.CCOC(=O)c1cc[nH]c1C(N=C(N)c1cccc(C(F)F)n1)=Nc1ccncc1F. The van der Waals surface area contributed by atoms with Crippen molar-refractivity contribution in [2.45, 2.75) is 27.2 Å². The number of aromatic amines is 1. The number of rotatable bonds is 6. The van der Waals surface area contributed by atoms with E-state index in [0.29, 0.717) is 0 Å². The summed E-state index contributed by atoms with van der Waals surface area (Å²) in [6.45, 7) is 5.77. The van der Waals surface area contributed by atoms with Gasteiger partial charge in [0, 0.05) is 12.4 Å². The Hall–Kier alpha value is -4.02. The molecular weight excluding hydrogens is 437 g/mol. The highest BCUT2D eigenvalue weighted by Crippen LogP contribution is 2.20. The smallest absolute Gasteiger partial charge is 0.340 e. The van der Waals surface area contributed by atoms with Crippen molar-refractivity contribution in [1.82, 2.24) is 15.0 Å². The number of nitrogens with zero attached hydrogens (tertiary/aromatic N) is 4. The Morgan fingerprint density at radius 1 is 1.24 bits per heavy atom. The number of H-pyrrole nitrogens is 1. The monoisotopic (exact) mass is 460 g/mol. The molecule has 0 unspecified atom stereocenters. The topological polar surface area (TPSA) is 119 Å². The van der Waals surface area contributed by atoms with Gasteiger partial charge in [0.1, 0.15) is 17.1 Å². The Kier molecular flexibility index (Phi) is 9.28. The van der Waals surface area contributed by atoms with E-state index in [2.05, 4.69) is 24.9 Å². The summed E-state index contributed by atoms with van der Waals surface area (Å²) in [6, 6.07) is 6.62. The molecule has 33 heavy (non-hydrogen) atoms. The molecule has 0 atom stereocenters. The van der Waals surface area contributed by atoms with Gasteiger partial charge in [-0.25, -0.2) is 32.9 Å². The van der Waals surface area contributed by atoms with Crippen molar-refractivity contribution < 1.29 is 22.7 Å². The van der Waals surface area contributed by atoms with Gasteiger partial charge < -0.3 is 15.5 Å². The molecule has 0 aliphatic rings. The average Bonchev–Trinajstić information content (AvgIpc) is 3.31. The fourth-order valence-electron chi connectivity index (χ4n) is 2.53. The highest BCUT2D eigenvalue weighted by Gasteiger charge is 2.20. The molecule has 0 aliphatic heterocycles. The van der Waals surface area contributed by atoms with Gasteiger partial charge in [0.25, 0.3) is 6.43 Å². The summed E-state index contributed by atoms with van der Waals surface area (Å²) in [5.41, 5.74) is 5.51. The molecule has 3 rings (SSSR count). The van der Waals surface area contributed by atoms with Crippen molar-refractivity contribution in [1.29, 1.82) is 0 Å². The maximum atomic E-state index is 14.1. The van der Waals surface area contributed by atoms with E-state index in [1.165, 1.54) is 36.7 Å². The second-order valence-corrected chi connectivity index (χ2v) is 5.99. The molecule has 11 heteroatoms. The zero-order valence-electron chi connectivity index (χ0n) is 18.2. The lowest BCUT2D eigenvalue weighted by Gasteiger charge is -2.07. The van der Waals surface area contributed by atoms with E-state index in [0.717, 1.165) is 12.3 Å². The minimum atomic E-state index is -2.80. The summed E-state index contributed by atoms with van der Waals surface area (Å²) in [5, 5.41) is 0. The van der Waals surface area contributed by atoms with Crippen LogP contribution >= 0.6 is 0 Å². The van der Waals surface area contributed by atoms with E-state index in [1.54, 1.807) is 6.92 Å². The van der Waals surface area contributed by atoms with E-state index in [1.807, 2.05) is 13.8 Å². The highest BCUT2D eigenvalue weighted by molar-refractivity contribution is 6.14. The molecule has 3 aromatic heterocycles. The third-order valence-electron chi connectivity index (χ3n) is 3.93. The van der Waals surface area contributed by atoms with Crippen LogP contribution in [0, 0.1) is 5.82 Å². The molecule has 0 saturated carbocycles. The van der Waals surface area contributed by atoms with E-state index >= 15 is 0 Å². The minimum absolute atomic E-state index is 0.0371. The number of alkyl halides is 2. The number of nitrogens with two attached hydrogens (primary N) is 1. The number of pyridine rings is 2. The van der Waals surface area contributed by atoms with Gasteiger partial charge in [-0.1, -0.05) is 19.9 Å². The van der Waals surface area contributed by atoms with Crippen LogP contribution in [0.1, 0.15) is 54.6 Å². The first-order chi connectivity index (χ1) is 15.9. The van der Waals surface area contributed by atoms with E-state index in [-0.39, 0.29) is 40.9 Å². The molecule has 0 radical (unpaired) electrons. The first kappa shape index (κ1) is 25.2. The number of nitrogens with one attached hydrogen (secondary N) is 1. The van der Waals surface area contributed by atoms with Crippen LogP contribution < -0.4 is 5.73 Å². The molecule has 0 aromatic carbocycles. The lowest BCUT2D eigenvalue weighted by Crippen LogP contribution is -2.19. The minimum Gasteiger partial charge on any atom is -0.462 e. The lowest BCUT2D eigenvalue weighted by molar-refractivity contribution is 0.0526. The fourth-order valence-corrected chi connectivity index (χ4v) is 2.53. The Labute approximate surface area is 188 Å². The predicted molar refractivity (Wildman–Crippen MR) is 118 cm³/mol. The Balaban J connectivity index is 0.00000187. The third kappa shape index (κ3) is 6.48. The standard InChI is InChI=1S/C20H17F3N6O2.C2H6/c1-2-31-20(30)11-6-9-26-16(11)19(28-13-7-8-25-10-12(13)21)29-18(24)15-5-3-4-14(27-15)17(22)23;1-2/h3-10,17,26H,2H2,1H3,(H2,24,25,28,29);1-2H3. The molecule has 0 fully saturated rings. The van der Waals surface area contributed by atoms with Crippen LogP contribution in [0.2, 0.25) is 0 Å².